The van der Waals surface area contributed by atoms with Crippen molar-refractivity contribution in [2.45, 2.75) is 19.1 Å². The van der Waals surface area contributed by atoms with Gasteiger partial charge >= 0.3 is 0 Å². The first-order valence-corrected chi connectivity index (χ1v) is 5.76. The van der Waals surface area contributed by atoms with Crippen LogP contribution in [-0.2, 0) is 0 Å². The van der Waals surface area contributed by atoms with Crippen LogP contribution in [0.4, 0.5) is 0 Å². The lowest BCUT2D eigenvalue weighted by Crippen LogP contribution is -2.32. The van der Waals surface area contributed by atoms with Gasteiger partial charge in [0.15, 0.2) is 0 Å². The number of hydrogen-bond donors (Lipinski definition) is 3. The molecule has 2 aromatic carbocycles. The highest BCUT2D eigenvalue weighted by molar-refractivity contribution is 5.83. The highest BCUT2D eigenvalue weighted by Crippen LogP contribution is 2.22. The standard InChI is InChI=1S/C14H18N2O/c1-9-2-3-11-7-12(5-4-10(11)6-9)14(16)13(17)8-15/h2-7,13-14,17H,8,15-16H2,1H3. The zero-order valence-corrected chi connectivity index (χ0v) is 9.93. The molecule has 0 heterocycles. The summed E-state index contributed by atoms with van der Waals surface area (Å²) >= 11 is 0. The van der Waals surface area contributed by atoms with Crippen LogP contribution in [0.25, 0.3) is 10.8 Å². The molecule has 2 atom stereocenters. The Balaban J connectivity index is 2.41. The van der Waals surface area contributed by atoms with Crippen molar-refractivity contribution in [3.63, 3.8) is 0 Å². The Bertz CT molecular complexity index is 525. The lowest BCUT2D eigenvalue weighted by Gasteiger charge is -2.18. The smallest absolute Gasteiger partial charge is 0.0854 e. The van der Waals surface area contributed by atoms with E-state index in [0.717, 1.165) is 10.9 Å². The van der Waals surface area contributed by atoms with Crippen LogP contribution in [0.3, 0.4) is 0 Å². The van der Waals surface area contributed by atoms with Crippen LogP contribution in [0.1, 0.15) is 17.2 Å². The summed E-state index contributed by atoms with van der Waals surface area (Å²) in [6, 6.07) is 11.8. The maximum Gasteiger partial charge on any atom is 0.0854 e. The molecule has 0 aliphatic heterocycles. The van der Waals surface area contributed by atoms with Gasteiger partial charge in [0.1, 0.15) is 0 Å². The van der Waals surface area contributed by atoms with Crippen molar-refractivity contribution in [3.05, 3.63) is 47.5 Å². The number of rotatable bonds is 3. The fraction of sp³-hybridized carbons (Fsp3) is 0.286. The van der Waals surface area contributed by atoms with E-state index in [1.807, 2.05) is 18.2 Å². The van der Waals surface area contributed by atoms with E-state index >= 15 is 0 Å². The summed E-state index contributed by atoms with van der Waals surface area (Å²) in [5.41, 5.74) is 13.5. The molecule has 90 valence electrons. The second-order valence-corrected chi connectivity index (χ2v) is 4.44. The Labute approximate surface area is 101 Å². The van der Waals surface area contributed by atoms with Gasteiger partial charge < -0.3 is 16.6 Å². The van der Waals surface area contributed by atoms with Crippen molar-refractivity contribution in [3.8, 4) is 0 Å². The first-order valence-electron chi connectivity index (χ1n) is 5.76. The molecule has 0 amide bonds. The van der Waals surface area contributed by atoms with Crippen LogP contribution in [0.2, 0.25) is 0 Å². The third-order valence-electron chi connectivity index (χ3n) is 3.06. The van der Waals surface area contributed by atoms with E-state index in [-0.39, 0.29) is 6.54 Å². The molecule has 0 saturated heterocycles. The van der Waals surface area contributed by atoms with E-state index in [0.29, 0.717) is 0 Å². The van der Waals surface area contributed by atoms with E-state index in [9.17, 15) is 5.11 Å². The summed E-state index contributed by atoms with van der Waals surface area (Å²) in [6.07, 6.45) is -0.696. The minimum Gasteiger partial charge on any atom is -0.390 e. The number of hydrogen-bond acceptors (Lipinski definition) is 3. The van der Waals surface area contributed by atoms with Crippen molar-refractivity contribution >= 4 is 10.8 Å². The van der Waals surface area contributed by atoms with Gasteiger partial charge in [-0.25, -0.2) is 0 Å². The molecule has 0 aliphatic carbocycles. The van der Waals surface area contributed by atoms with Crippen molar-refractivity contribution in [1.82, 2.24) is 0 Å². The first kappa shape index (κ1) is 12.0. The number of fused-ring (bicyclic) bond motifs is 1. The number of nitrogens with two attached hydrogens (primary N) is 2. The van der Waals surface area contributed by atoms with Gasteiger partial charge in [0, 0.05) is 6.54 Å². The number of aryl methyl sites for hydroxylation is 1. The lowest BCUT2D eigenvalue weighted by atomic mass is 9.98. The molecule has 0 bridgehead atoms. The molecule has 2 aromatic rings. The van der Waals surface area contributed by atoms with Crippen LogP contribution >= 0.6 is 0 Å². The zero-order chi connectivity index (χ0) is 12.4. The molecule has 0 radical (unpaired) electrons. The highest BCUT2D eigenvalue weighted by Gasteiger charge is 2.15. The molecule has 3 heteroatoms. The predicted molar refractivity (Wildman–Crippen MR) is 70.7 cm³/mol. The van der Waals surface area contributed by atoms with Crippen LogP contribution in [0.5, 0.6) is 0 Å². The third-order valence-corrected chi connectivity index (χ3v) is 3.06. The second kappa shape index (κ2) is 4.84. The zero-order valence-electron chi connectivity index (χ0n) is 9.93. The largest absolute Gasteiger partial charge is 0.390 e. The molecule has 0 spiro atoms. The van der Waals surface area contributed by atoms with E-state index in [1.54, 1.807) is 0 Å². The lowest BCUT2D eigenvalue weighted by molar-refractivity contribution is 0.153. The van der Waals surface area contributed by atoms with Crippen molar-refractivity contribution < 1.29 is 5.11 Å². The molecular weight excluding hydrogens is 212 g/mol. The molecular formula is C14H18N2O. The minimum absolute atomic E-state index is 0.174. The summed E-state index contributed by atoms with van der Waals surface area (Å²) in [6.45, 7) is 2.24. The van der Waals surface area contributed by atoms with Crippen molar-refractivity contribution in [2.24, 2.45) is 11.5 Å². The first-order chi connectivity index (χ1) is 8.11. The molecule has 5 N–H and O–H groups in total. The van der Waals surface area contributed by atoms with Crippen molar-refractivity contribution in [2.75, 3.05) is 6.54 Å². The van der Waals surface area contributed by atoms with E-state index in [4.69, 9.17) is 11.5 Å². The Kier molecular flexibility index (Phi) is 3.43. The van der Waals surface area contributed by atoms with Gasteiger partial charge in [-0.2, -0.15) is 0 Å². The average Bonchev–Trinajstić information content (AvgIpc) is 2.36. The van der Waals surface area contributed by atoms with Crippen LogP contribution in [0.15, 0.2) is 36.4 Å². The molecule has 17 heavy (non-hydrogen) atoms. The summed E-state index contributed by atoms with van der Waals surface area (Å²) in [5.74, 6) is 0. The maximum absolute atomic E-state index is 9.65. The summed E-state index contributed by atoms with van der Waals surface area (Å²) in [4.78, 5) is 0. The minimum atomic E-state index is -0.696. The van der Waals surface area contributed by atoms with Gasteiger partial charge in [-0.1, -0.05) is 35.9 Å². The van der Waals surface area contributed by atoms with Crippen LogP contribution in [0, 0.1) is 6.92 Å². The van der Waals surface area contributed by atoms with E-state index < -0.39 is 12.1 Å². The highest BCUT2D eigenvalue weighted by atomic mass is 16.3. The van der Waals surface area contributed by atoms with Crippen LogP contribution in [-0.4, -0.2) is 17.8 Å². The maximum atomic E-state index is 9.65. The summed E-state index contributed by atoms with van der Waals surface area (Å²) < 4.78 is 0. The molecule has 0 aliphatic rings. The quantitative estimate of drug-likeness (QED) is 0.747. The second-order valence-electron chi connectivity index (χ2n) is 4.44. The Morgan fingerprint density at radius 2 is 1.76 bits per heavy atom. The molecule has 0 saturated carbocycles. The third kappa shape index (κ3) is 2.47. The predicted octanol–water partition coefficient (Wildman–Crippen LogP) is 1.47. The SMILES string of the molecule is Cc1ccc2cc(C(N)C(O)CN)ccc2c1. The molecule has 0 fully saturated rings. The average molecular weight is 230 g/mol. The fourth-order valence-corrected chi connectivity index (χ4v) is 1.96. The van der Waals surface area contributed by atoms with Gasteiger partial charge in [-0.3, -0.25) is 0 Å². The number of aliphatic hydroxyl groups excluding tert-OH is 1. The molecule has 2 unspecified atom stereocenters. The van der Waals surface area contributed by atoms with Gasteiger partial charge in [-0.15, -0.1) is 0 Å². The Morgan fingerprint density at radius 3 is 2.47 bits per heavy atom. The fourth-order valence-electron chi connectivity index (χ4n) is 1.96. The Hall–Kier alpha value is -1.42. The number of aliphatic hydroxyl groups is 1. The van der Waals surface area contributed by atoms with E-state index in [1.165, 1.54) is 10.9 Å². The molecule has 0 aromatic heterocycles. The summed E-state index contributed by atoms with van der Waals surface area (Å²) in [7, 11) is 0. The van der Waals surface area contributed by atoms with Crippen LogP contribution < -0.4 is 11.5 Å². The number of benzene rings is 2. The Morgan fingerprint density at radius 1 is 1.12 bits per heavy atom. The molecule has 3 nitrogen and oxygen atoms in total. The van der Waals surface area contributed by atoms with E-state index in [2.05, 4.69) is 25.1 Å². The topological polar surface area (TPSA) is 72.3 Å². The van der Waals surface area contributed by atoms with Gasteiger partial charge in [0.25, 0.3) is 0 Å². The van der Waals surface area contributed by atoms with Gasteiger partial charge in [-0.05, 0) is 29.3 Å². The van der Waals surface area contributed by atoms with Crippen molar-refractivity contribution in [1.29, 1.82) is 0 Å². The normalized spacial score (nSPS) is 14.8. The van der Waals surface area contributed by atoms with Gasteiger partial charge in [0.05, 0.1) is 12.1 Å². The molecule has 2 rings (SSSR count). The monoisotopic (exact) mass is 230 g/mol. The summed E-state index contributed by atoms with van der Waals surface area (Å²) in [5, 5.41) is 12.0. The van der Waals surface area contributed by atoms with Gasteiger partial charge in [0.2, 0.25) is 0 Å².